The van der Waals surface area contributed by atoms with Gasteiger partial charge in [-0.25, -0.2) is 0 Å². The van der Waals surface area contributed by atoms with Crippen molar-refractivity contribution in [3.63, 3.8) is 0 Å². The minimum absolute atomic E-state index is 0.0346. The molecule has 0 fully saturated rings. The molecule has 0 aromatic rings. The summed E-state index contributed by atoms with van der Waals surface area (Å²) in [4.78, 5) is 0. The van der Waals surface area contributed by atoms with E-state index in [1.54, 1.807) is 7.11 Å². The van der Waals surface area contributed by atoms with Crippen LogP contribution < -0.4 is 5.32 Å². The van der Waals surface area contributed by atoms with Crippen LogP contribution in [-0.4, -0.2) is 25.8 Å². The molecule has 2 unspecified atom stereocenters. The van der Waals surface area contributed by atoms with Crippen LogP contribution in [0, 0.1) is 11.3 Å². The molecule has 3 heteroatoms. The minimum Gasteiger partial charge on any atom is -0.380 e. The van der Waals surface area contributed by atoms with E-state index in [0.717, 1.165) is 13.0 Å². The Morgan fingerprint density at radius 3 is 2.64 bits per heavy atom. The summed E-state index contributed by atoms with van der Waals surface area (Å²) < 4.78 is 5.02. The molecule has 2 atom stereocenters. The molecule has 0 aliphatic carbocycles. The van der Waals surface area contributed by atoms with Gasteiger partial charge in [-0.1, -0.05) is 6.92 Å². The second kappa shape index (κ2) is 6.14. The minimum atomic E-state index is -0.0346. The number of rotatable bonds is 5. The van der Waals surface area contributed by atoms with E-state index >= 15 is 0 Å². The Kier molecular flexibility index (Phi) is 5.81. The third-order valence-corrected chi connectivity index (χ3v) is 1.62. The molecule has 0 saturated carbocycles. The summed E-state index contributed by atoms with van der Waals surface area (Å²) in [5.41, 5.74) is 0. The van der Waals surface area contributed by atoms with Crippen molar-refractivity contribution >= 4 is 0 Å². The predicted octanol–water partition coefficient (Wildman–Crippen LogP) is 0.913. The van der Waals surface area contributed by atoms with E-state index in [1.807, 2.05) is 13.8 Å². The molecule has 64 valence electrons. The molecule has 0 aromatic carbocycles. The summed E-state index contributed by atoms with van der Waals surface area (Å²) in [6, 6.07) is 2.13. The van der Waals surface area contributed by atoms with Gasteiger partial charge in [0.25, 0.3) is 0 Å². The van der Waals surface area contributed by atoms with E-state index < -0.39 is 0 Å². The molecule has 0 rings (SSSR count). The van der Waals surface area contributed by atoms with Gasteiger partial charge < -0.3 is 4.74 Å². The number of nitrogens with one attached hydrogen (secondary N) is 1. The molecule has 3 nitrogen and oxygen atoms in total. The molecular formula is C8H16N2O. The zero-order chi connectivity index (χ0) is 8.69. The fourth-order valence-corrected chi connectivity index (χ4v) is 0.673. The molecule has 1 N–H and O–H groups in total. The SMILES string of the molecule is CCC(C#N)NCC(C)OC. The summed E-state index contributed by atoms with van der Waals surface area (Å²) in [6.45, 7) is 4.69. The highest BCUT2D eigenvalue weighted by Crippen LogP contribution is 1.90. The molecule has 0 amide bonds. The summed E-state index contributed by atoms with van der Waals surface area (Å²) in [5.74, 6) is 0. The molecule has 0 bridgehead atoms. The van der Waals surface area contributed by atoms with Crippen LogP contribution in [0.5, 0.6) is 0 Å². The number of nitrogens with zero attached hydrogens (tertiary/aromatic N) is 1. The number of hydrogen-bond donors (Lipinski definition) is 1. The van der Waals surface area contributed by atoms with Gasteiger partial charge in [-0.3, -0.25) is 5.32 Å². The van der Waals surface area contributed by atoms with E-state index in [4.69, 9.17) is 10.00 Å². The zero-order valence-electron chi connectivity index (χ0n) is 7.42. The fourth-order valence-electron chi connectivity index (χ4n) is 0.673. The fraction of sp³-hybridized carbons (Fsp3) is 0.875. The van der Waals surface area contributed by atoms with Crippen LogP contribution in [-0.2, 0) is 4.74 Å². The molecule has 0 aliphatic heterocycles. The Morgan fingerprint density at radius 1 is 1.64 bits per heavy atom. The van der Waals surface area contributed by atoms with E-state index in [9.17, 15) is 0 Å². The van der Waals surface area contributed by atoms with Crippen molar-refractivity contribution in [1.29, 1.82) is 5.26 Å². The molecule has 0 heterocycles. The number of nitriles is 1. The summed E-state index contributed by atoms with van der Waals surface area (Å²) >= 11 is 0. The molecule has 0 saturated heterocycles. The smallest absolute Gasteiger partial charge is 0.0951 e. The van der Waals surface area contributed by atoms with Crippen molar-refractivity contribution in [2.45, 2.75) is 32.4 Å². The van der Waals surface area contributed by atoms with E-state index in [-0.39, 0.29) is 12.1 Å². The highest BCUT2D eigenvalue weighted by molar-refractivity contribution is 4.88. The number of methoxy groups -OCH3 is 1. The van der Waals surface area contributed by atoms with E-state index in [1.165, 1.54) is 0 Å². The van der Waals surface area contributed by atoms with Crippen molar-refractivity contribution < 1.29 is 4.74 Å². The molecule has 11 heavy (non-hydrogen) atoms. The van der Waals surface area contributed by atoms with Crippen LogP contribution in [0.1, 0.15) is 20.3 Å². The monoisotopic (exact) mass is 156 g/mol. The van der Waals surface area contributed by atoms with Gasteiger partial charge in [-0.2, -0.15) is 5.26 Å². The Labute approximate surface area is 68.3 Å². The summed E-state index contributed by atoms with van der Waals surface area (Å²) in [7, 11) is 1.67. The second-order valence-corrected chi connectivity index (χ2v) is 2.54. The average molecular weight is 156 g/mol. The van der Waals surface area contributed by atoms with Gasteiger partial charge in [0, 0.05) is 13.7 Å². The lowest BCUT2D eigenvalue weighted by atomic mass is 10.2. The maximum absolute atomic E-state index is 8.56. The highest BCUT2D eigenvalue weighted by Gasteiger charge is 2.04. The maximum atomic E-state index is 8.56. The van der Waals surface area contributed by atoms with Crippen molar-refractivity contribution in [1.82, 2.24) is 5.32 Å². The van der Waals surface area contributed by atoms with Gasteiger partial charge in [-0.05, 0) is 13.3 Å². The Morgan fingerprint density at radius 2 is 2.27 bits per heavy atom. The lowest BCUT2D eigenvalue weighted by Crippen LogP contribution is -2.33. The topological polar surface area (TPSA) is 45.0 Å². The molecular weight excluding hydrogens is 140 g/mol. The average Bonchev–Trinajstić information content (AvgIpc) is 2.06. The van der Waals surface area contributed by atoms with Crippen LogP contribution in [0.3, 0.4) is 0 Å². The van der Waals surface area contributed by atoms with Crippen molar-refractivity contribution in [3.8, 4) is 6.07 Å². The van der Waals surface area contributed by atoms with E-state index in [2.05, 4.69) is 11.4 Å². The molecule has 0 aliphatic rings. The third kappa shape index (κ3) is 4.77. The van der Waals surface area contributed by atoms with Crippen LogP contribution >= 0.6 is 0 Å². The molecule has 0 radical (unpaired) electrons. The zero-order valence-corrected chi connectivity index (χ0v) is 7.42. The van der Waals surface area contributed by atoms with Crippen molar-refractivity contribution in [2.24, 2.45) is 0 Å². The summed E-state index contributed by atoms with van der Waals surface area (Å²) in [6.07, 6.45) is 1.02. The first kappa shape index (κ1) is 10.4. The van der Waals surface area contributed by atoms with Gasteiger partial charge in [0.15, 0.2) is 0 Å². The predicted molar refractivity (Wildman–Crippen MR) is 44.2 cm³/mol. The van der Waals surface area contributed by atoms with Gasteiger partial charge in [0.2, 0.25) is 0 Å². The quantitative estimate of drug-likeness (QED) is 0.643. The first-order chi connectivity index (χ1) is 5.24. The molecule has 0 spiro atoms. The largest absolute Gasteiger partial charge is 0.380 e. The Bertz CT molecular complexity index is 131. The van der Waals surface area contributed by atoms with Crippen LogP contribution in [0.25, 0.3) is 0 Å². The lowest BCUT2D eigenvalue weighted by Gasteiger charge is -2.13. The Balaban J connectivity index is 3.44. The first-order valence-electron chi connectivity index (χ1n) is 3.90. The lowest BCUT2D eigenvalue weighted by molar-refractivity contribution is 0.116. The van der Waals surface area contributed by atoms with Crippen LogP contribution in [0.2, 0.25) is 0 Å². The standard InChI is InChI=1S/C8H16N2O/c1-4-8(5-9)10-6-7(2)11-3/h7-8,10H,4,6H2,1-3H3. The van der Waals surface area contributed by atoms with Gasteiger partial charge in [0.05, 0.1) is 18.2 Å². The van der Waals surface area contributed by atoms with Gasteiger partial charge in [0.1, 0.15) is 0 Å². The van der Waals surface area contributed by atoms with E-state index in [0.29, 0.717) is 0 Å². The van der Waals surface area contributed by atoms with Crippen LogP contribution in [0.15, 0.2) is 0 Å². The number of hydrogen-bond acceptors (Lipinski definition) is 3. The van der Waals surface area contributed by atoms with Gasteiger partial charge >= 0.3 is 0 Å². The number of ether oxygens (including phenoxy) is 1. The normalized spacial score (nSPS) is 15.5. The van der Waals surface area contributed by atoms with Crippen LogP contribution in [0.4, 0.5) is 0 Å². The summed E-state index contributed by atoms with van der Waals surface area (Å²) in [5, 5.41) is 11.6. The third-order valence-electron chi connectivity index (χ3n) is 1.62. The maximum Gasteiger partial charge on any atom is 0.0951 e. The highest BCUT2D eigenvalue weighted by atomic mass is 16.5. The second-order valence-electron chi connectivity index (χ2n) is 2.54. The molecule has 0 aromatic heterocycles. The van der Waals surface area contributed by atoms with Gasteiger partial charge in [-0.15, -0.1) is 0 Å². The first-order valence-corrected chi connectivity index (χ1v) is 3.90. The van der Waals surface area contributed by atoms with Crippen molar-refractivity contribution in [2.75, 3.05) is 13.7 Å². The van der Waals surface area contributed by atoms with Crippen molar-refractivity contribution in [3.05, 3.63) is 0 Å². The Hall–Kier alpha value is -0.590.